The van der Waals surface area contributed by atoms with E-state index < -0.39 is 0 Å². The molecule has 1 amide bonds. The van der Waals surface area contributed by atoms with Crippen LogP contribution in [-0.4, -0.2) is 31.5 Å². The Bertz CT molecular complexity index is 334. The fraction of sp³-hybridized carbons (Fsp3) is 0.417. The number of hydrogen-bond acceptors (Lipinski definition) is 2. The number of benzene rings is 1. The summed E-state index contributed by atoms with van der Waals surface area (Å²) >= 11 is 0. The van der Waals surface area contributed by atoms with Crippen LogP contribution in [0.25, 0.3) is 0 Å². The van der Waals surface area contributed by atoms with E-state index in [0.29, 0.717) is 0 Å². The van der Waals surface area contributed by atoms with Crippen LogP contribution < -0.4 is 4.74 Å². The Balaban J connectivity index is 2.61. The maximum atomic E-state index is 11.3. The first-order valence-electron chi connectivity index (χ1n) is 5.06. The molecule has 0 unspecified atom stereocenters. The molecule has 0 heterocycles. The average Bonchev–Trinajstić information content (AvgIpc) is 2.26. The van der Waals surface area contributed by atoms with Crippen LogP contribution in [0.4, 0.5) is 0 Å². The van der Waals surface area contributed by atoms with Gasteiger partial charge >= 0.3 is 0 Å². The van der Waals surface area contributed by atoms with Gasteiger partial charge in [0.1, 0.15) is 5.75 Å². The van der Waals surface area contributed by atoms with Crippen molar-refractivity contribution < 1.29 is 9.53 Å². The molecule has 0 fully saturated rings. The van der Waals surface area contributed by atoms with Crippen LogP contribution in [-0.2, 0) is 11.2 Å². The molecule has 0 saturated heterocycles. The fourth-order valence-corrected chi connectivity index (χ4v) is 1.21. The van der Waals surface area contributed by atoms with Gasteiger partial charge in [-0.05, 0) is 18.1 Å². The lowest BCUT2D eigenvalue weighted by molar-refractivity contribution is -0.130. The van der Waals surface area contributed by atoms with Crippen LogP contribution >= 0.6 is 0 Å². The fourth-order valence-electron chi connectivity index (χ4n) is 1.21. The quantitative estimate of drug-likeness (QED) is 0.752. The van der Waals surface area contributed by atoms with E-state index in [9.17, 15) is 4.79 Å². The second-order valence-electron chi connectivity index (χ2n) is 3.54. The Morgan fingerprint density at radius 2 is 2.00 bits per heavy atom. The Kier molecular flexibility index (Phi) is 4.16. The summed E-state index contributed by atoms with van der Waals surface area (Å²) in [5.74, 6) is 0.774. The highest BCUT2D eigenvalue weighted by molar-refractivity contribution is 5.77. The average molecular weight is 207 g/mol. The van der Waals surface area contributed by atoms with E-state index in [1.807, 2.05) is 24.3 Å². The molecule has 0 aliphatic heterocycles. The van der Waals surface area contributed by atoms with Gasteiger partial charge in [-0.15, -0.1) is 0 Å². The van der Waals surface area contributed by atoms with Crippen molar-refractivity contribution in [3.63, 3.8) is 0 Å². The summed E-state index contributed by atoms with van der Waals surface area (Å²) in [6.07, 6.45) is 0.909. The molecule has 0 aliphatic carbocycles. The molecule has 0 N–H and O–H groups in total. The number of carbonyl (C=O) groups excluding carboxylic acids is 1. The minimum absolute atomic E-state index is 0.0269. The normalized spacial score (nSPS) is 9.80. The minimum Gasteiger partial charge on any atom is -0.483 e. The first kappa shape index (κ1) is 11.6. The van der Waals surface area contributed by atoms with Crippen LogP contribution in [0, 0.1) is 0 Å². The second kappa shape index (κ2) is 5.39. The first-order chi connectivity index (χ1) is 7.15. The molecule has 82 valence electrons. The number of para-hydroxylation sites is 1. The largest absolute Gasteiger partial charge is 0.483 e. The van der Waals surface area contributed by atoms with E-state index in [2.05, 4.69) is 6.92 Å². The van der Waals surface area contributed by atoms with E-state index in [1.54, 1.807) is 14.1 Å². The van der Waals surface area contributed by atoms with Gasteiger partial charge < -0.3 is 9.64 Å². The predicted molar refractivity (Wildman–Crippen MR) is 60.0 cm³/mol. The van der Waals surface area contributed by atoms with Crippen LogP contribution in [0.2, 0.25) is 0 Å². The van der Waals surface area contributed by atoms with Crippen molar-refractivity contribution in [2.24, 2.45) is 0 Å². The zero-order chi connectivity index (χ0) is 11.3. The highest BCUT2D eigenvalue weighted by Gasteiger charge is 2.06. The van der Waals surface area contributed by atoms with Gasteiger partial charge in [-0.1, -0.05) is 25.1 Å². The zero-order valence-corrected chi connectivity index (χ0v) is 9.49. The third-order valence-electron chi connectivity index (χ3n) is 2.20. The van der Waals surface area contributed by atoms with E-state index in [1.165, 1.54) is 4.90 Å². The van der Waals surface area contributed by atoms with Crippen molar-refractivity contribution in [2.45, 2.75) is 13.3 Å². The smallest absolute Gasteiger partial charge is 0.259 e. The molecule has 0 aromatic heterocycles. The molecule has 3 nitrogen and oxygen atoms in total. The Morgan fingerprint density at radius 3 is 2.60 bits per heavy atom. The van der Waals surface area contributed by atoms with Crippen molar-refractivity contribution in [1.82, 2.24) is 4.90 Å². The topological polar surface area (TPSA) is 29.5 Å². The SMILES string of the molecule is CCc1ccccc1OCC(=O)N(C)C. The van der Waals surface area contributed by atoms with Crippen molar-refractivity contribution in [2.75, 3.05) is 20.7 Å². The van der Waals surface area contributed by atoms with Crippen molar-refractivity contribution in [1.29, 1.82) is 0 Å². The highest BCUT2D eigenvalue weighted by Crippen LogP contribution is 2.17. The van der Waals surface area contributed by atoms with Gasteiger partial charge in [0.2, 0.25) is 0 Å². The lowest BCUT2D eigenvalue weighted by Gasteiger charge is -2.13. The Hall–Kier alpha value is -1.51. The molecule has 0 bridgehead atoms. The number of aryl methyl sites for hydroxylation is 1. The molecule has 0 aliphatic rings. The number of rotatable bonds is 4. The highest BCUT2D eigenvalue weighted by atomic mass is 16.5. The lowest BCUT2D eigenvalue weighted by Crippen LogP contribution is -2.27. The molecule has 0 radical (unpaired) electrons. The number of hydrogen-bond donors (Lipinski definition) is 0. The molecule has 0 atom stereocenters. The minimum atomic E-state index is -0.0269. The summed E-state index contributed by atoms with van der Waals surface area (Å²) in [6.45, 7) is 2.17. The third kappa shape index (κ3) is 3.27. The van der Waals surface area contributed by atoms with E-state index >= 15 is 0 Å². The molecular formula is C12H17NO2. The molecule has 1 aromatic rings. The van der Waals surface area contributed by atoms with E-state index in [-0.39, 0.29) is 12.5 Å². The molecule has 0 spiro atoms. The maximum absolute atomic E-state index is 11.3. The second-order valence-corrected chi connectivity index (χ2v) is 3.54. The summed E-state index contributed by atoms with van der Waals surface area (Å²) in [5, 5.41) is 0. The van der Waals surface area contributed by atoms with Gasteiger partial charge in [-0.3, -0.25) is 4.79 Å². The van der Waals surface area contributed by atoms with Gasteiger partial charge in [0.15, 0.2) is 6.61 Å². The van der Waals surface area contributed by atoms with E-state index in [0.717, 1.165) is 17.7 Å². The van der Waals surface area contributed by atoms with Crippen LogP contribution in [0.1, 0.15) is 12.5 Å². The van der Waals surface area contributed by atoms with Gasteiger partial charge in [-0.2, -0.15) is 0 Å². The molecule has 15 heavy (non-hydrogen) atoms. The predicted octanol–water partition coefficient (Wildman–Crippen LogP) is 1.72. The summed E-state index contributed by atoms with van der Waals surface area (Å²) in [6, 6.07) is 7.78. The summed E-state index contributed by atoms with van der Waals surface area (Å²) < 4.78 is 5.46. The van der Waals surface area contributed by atoms with Crippen LogP contribution in [0.5, 0.6) is 5.75 Å². The van der Waals surface area contributed by atoms with E-state index in [4.69, 9.17) is 4.74 Å². The van der Waals surface area contributed by atoms with Gasteiger partial charge in [0.25, 0.3) is 5.91 Å². The van der Waals surface area contributed by atoms with Crippen molar-refractivity contribution >= 4 is 5.91 Å². The van der Waals surface area contributed by atoms with Crippen LogP contribution in [0.3, 0.4) is 0 Å². The lowest BCUT2D eigenvalue weighted by atomic mass is 10.1. The number of ether oxygens (including phenoxy) is 1. The monoisotopic (exact) mass is 207 g/mol. The summed E-state index contributed by atoms with van der Waals surface area (Å²) in [4.78, 5) is 12.8. The van der Waals surface area contributed by atoms with Crippen molar-refractivity contribution in [3.8, 4) is 5.75 Å². The molecule has 1 rings (SSSR count). The third-order valence-corrected chi connectivity index (χ3v) is 2.20. The standard InChI is InChI=1S/C12H17NO2/c1-4-10-7-5-6-8-11(10)15-9-12(14)13(2)3/h5-8H,4,9H2,1-3H3. The molecule has 1 aromatic carbocycles. The first-order valence-corrected chi connectivity index (χ1v) is 5.06. The molecule has 0 saturated carbocycles. The van der Waals surface area contributed by atoms with Crippen LogP contribution in [0.15, 0.2) is 24.3 Å². The number of amides is 1. The number of carbonyl (C=O) groups is 1. The summed E-state index contributed by atoms with van der Waals surface area (Å²) in [5.41, 5.74) is 1.13. The number of nitrogens with zero attached hydrogens (tertiary/aromatic N) is 1. The number of likely N-dealkylation sites (N-methyl/N-ethyl adjacent to an activating group) is 1. The Labute approximate surface area is 90.7 Å². The molecular weight excluding hydrogens is 190 g/mol. The van der Waals surface area contributed by atoms with Gasteiger partial charge in [0, 0.05) is 14.1 Å². The molecule has 3 heteroatoms. The maximum Gasteiger partial charge on any atom is 0.259 e. The van der Waals surface area contributed by atoms with Gasteiger partial charge in [0.05, 0.1) is 0 Å². The van der Waals surface area contributed by atoms with Gasteiger partial charge in [-0.25, -0.2) is 0 Å². The Morgan fingerprint density at radius 1 is 1.33 bits per heavy atom. The van der Waals surface area contributed by atoms with Crippen molar-refractivity contribution in [3.05, 3.63) is 29.8 Å². The zero-order valence-electron chi connectivity index (χ0n) is 9.49. The summed E-state index contributed by atoms with van der Waals surface area (Å²) in [7, 11) is 3.44.